The van der Waals surface area contributed by atoms with Crippen LogP contribution < -0.4 is 5.32 Å². The first kappa shape index (κ1) is 15.8. The predicted molar refractivity (Wildman–Crippen MR) is 83.0 cm³/mol. The summed E-state index contributed by atoms with van der Waals surface area (Å²) in [5.74, 6) is -1.47. The van der Waals surface area contributed by atoms with E-state index in [4.69, 9.17) is 4.42 Å². The molecule has 0 aliphatic heterocycles. The van der Waals surface area contributed by atoms with Crippen molar-refractivity contribution in [1.29, 1.82) is 0 Å². The number of rotatable bonds is 5. The number of carbonyl (C=O) groups excluding carboxylic acids is 1. The van der Waals surface area contributed by atoms with Crippen molar-refractivity contribution in [3.05, 3.63) is 66.4 Å². The number of oxazole rings is 1. The van der Waals surface area contributed by atoms with E-state index in [1.54, 1.807) is 18.3 Å². The Hall–Kier alpha value is -3.09. The fourth-order valence-electron chi connectivity index (χ4n) is 2.16. The van der Waals surface area contributed by atoms with Gasteiger partial charge in [0.1, 0.15) is 11.6 Å². The molecule has 0 saturated heterocycles. The van der Waals surface area contributed by atoms with Gasteiger partial charge < -0.3 is 9.73 Å². The number of carbonyl (C=O) groups is 1. The molecular weight excluding hydrogens is 316 g/mol. The van der Waals surface area contributed by atoms with E-state index in [1.807, 2.05) is 0 Å². The van der Waals surface area contributed by atoms with Crippen LogP contribution in [0, 0.1) is 11.6 Å². The van der Waals surface area contributed by atoms with Gasteiger partial charge in [-0.3, -0.25) is 9.78 Å². The van der Waals surface area contributed by atoms with E-state index < -0.39 is 11.6 Å². The molecule has 0 aliphatic rings. The monoisotopic (exact) mass is 329 g/mol. The highest BCUT2D eigenvalue weighted by Gasteiger charge is 2.16. The molecule has 5 nitrogen and oxygen atoms in total. The summed E-state index contributed by atoms with van der Waals surface area (Å²) in [4.78, 5) is 19.7. The van der Waals surface area contributed by atoms with Crippen LogP contribution in [0.25, 0.3) is 11.3 Å². The standard InChI is InChI=1S/C17H13F2N3O2/c18-12-4-1-5-13(19)17(12)14-10-21-16(24-14)7-6-15(23)22-11-3-2-8-20-9-11/h1-5,8-10H,6-7H2,(H,22,23). The van der Waals surface area contributed by atoms with E-state index in [2.05, 4.69) is 15.3 Å². The average Bonchev–Trinajstić information content (AvgIpc) is 3.02. The van der Waals surface area contributed by atoms with Gasteiger partial charge in [0.15, 0.2) is 11.7 Å². The minimum atomic E-state index is -0.730. The Kier molecular flexibility index (Phi) is 4.60. The molecule has 3 aromatic rings. The highest BCUT2D eigenvalue weighted by molar-refractivity contribution is 5.90. The number of pyridine rings is 1. The first-order valence-electron chi connectivity index (χ1n) is 7.22. The van der Waals surface area contributed by atoms with Crippen LogP contribution in [-0.4, -0.2) is 15.9 Å². The van der Waals surface area contributed by atoms with Gasteiger partial charge in [0.2, 0.25) is 5.91 Å². The Morgan fingerprint density at radius 3 is 2.62 bits per heavy atom. The minimum absolute atomic E-state index is 0.00623. The second-order valence-corrected chi connectivity index (χ2v) is 5.00. The van der Waals surface area contributed by atoms with E-state index in [-0.39, 0.29) is 36.0 Å². The molecule has 2 heterocycles. The first-order chi connectivity index (χ1) is 11.6. The lowest BCUT2D eigenvalue weighted by molar-refractivity contribution is -0.116. The van der Waals surface area contributed by atoms with Crippen LogP contribution in [0.1, 0.15) is 12.3 Å². The van der Waals surface area contributed by atoms with Gasteiger partial charge in [0.05, 0.1) is 23.6 Å². The Balaban J connectivity index is 1.63. The number of halogens is 2. The molecule has 0 aliphatic carbocycles. The van der Waals surface area contributed by atoms with Crippen molar-refractivity contribution in [2.45, 2.75) is 12.8 Å². The smallest absolute Gasteiger partial charge is 0.224 e. The van der Waals surface area contributed by atoms with Crippen LogP contribution in [0.15, 0.2) is 53.3 Å². The van der Waals surface area contributed by atoms with Gasteiger partial charge in [-0.25, -0.2) is 13.8 Å². The molecule has 1 amide bonds. The predicted octanol–water partition coefficient (Wildman–Crippen LogP) is 3.59. The number of aryl methyl sites for hydroxylation is 1. The van der Waals surface area contributed by atoms with Gasteiger partial charge in [0.25, 0.3) is 0 Å². The highest BCUT2D eigenvalue weighted by atomic mass is 19.1. The van der Waals surface area contributed by atoms with Crippen molar-refractivity contribution in [2.75, 3.05) is 5.32 Å². The molecule has 0 spiro atoms. The molecule has 1 N–H and O–H groups in total. The summed E-state index contributed by atoms with van der Waals surface area (Å²) < 4.78 is 32.8. The number of nitrogens with one attached hydrogen (secondary N) is 1. The van der Waals surface area contributed by atoms with E-state index in [1.165, 1.54) is 18.5 Å². The normalized spacial score (nSPS) is 10.6. The van der Waals surface area contributed by atoms with E-state index in [9.17, 15) is 13.6 Å². The van der Waals surface area contributed by atoms with Gasteiger partial charge in [0, 0.05) is 19.0 Å². The molecule has 0 fully saturated rings. The molecule has 24 heavy (non-hydrogen) atoms. The van der Waals surface area contributed by atoms with Gasteiger partial charge >= 0.3 is 0 Å². The SMILES string of the molecule is O=C(CCc1ncc(-c2c(F)cccc2F)o1)Nc1cccnc1. The summed E-state index contributed by atoms with van der Waals surface area (Å²) in [5, 5.41) is 2.68. The summed E-state index contributed by atoms with van der Waals surface area (Å²) in [6, 6.07) is 6.98. The van der Waals surface area contributed by atoms with Crippen LogP contribution >= 0.6 is 0 Å². The van der Waals surface area contributed by atoms with Gasteiger partial charge in [-0.1, -0.05) is 6.07 Å². The second-order valence-electron chi connectivity index (χ2n) is 5.00. The summed E-state index contributed by atoms with van der Waals surface area (Å²) >= 11 is 0. The third-order valence-electron chi connectivity index (χ3n) is 3.27. The molecule has 2 aromatic heterocycles. The molecule has 1 aromatic carbocycles. The maximum atomic E-state index is 13.7. The van der Waals surface area contributed by atoms with Crippen molar-refractivity contribution in [3.63, 3.8) is 0 Å². The summed E-state index contributed by atoms with van der Waals surface area (Å²) in [6.07, 6.45) is 4.71. The molecule has 7 heteroatoms. The molecule has 0 atom stereocenters. The molecule has 122 valence electrons. The average molecular weight is 329 g/mol. The lowest BCUT2D eigenvalue weighted by Gasteiger charge is -2.03. The third kappa shape index (κ3) is 3.62. The Morgan fingerprint density at radius 1 is 1.12 bits per heavy atom. The fourth-order valence-corrected chi connectivity index (χ4v) is 2.16. The zero-order chi connectivity index (χ0) is 16.9. The molecule has 0 unspecified atom stereocenters. The van der Waals surface area contributed by atoms with Gasteiger partial charge in [-0.2, -0.15) is 0 Å². The topological polar surface area (TPSA) is 68.0 Å². The van der Waals surface area contributed by atoms with Crippen molar-refractivity contribution in [3.8, 4) is 11.3 Å². The maximum absolute atomic E-state index is 13.7. The number of benzene rings is 1. The molecule has 0 saturated carbocycles. The number of nitrogens with zero attached hydrogens (tertiary/aromatic N) is 2. The minimum Gasteiger partial charge on any atom is -0.441 e. The van der Waals surface area contributed by atoms with Gasteiger partial charge in [-0.05, 0) is 24.3 Å². The van der Waals surface area contributed by atoms with Crippen molar-refractivity contribution < 1.29 is 18.0 Å². The largest absolute Gasteiger partial charge is 0.441 e. The molecule has 3 rings (SSSR count). The molecular formula is C17H13F2N3O2. The highest BCUT2D eigenvalue weighted by Crippen LogP contribution is 2.26. The third-order valence-corrected chi connectivity index (χ3v) is 3.27. The number of aromatic nitrogens is 2. The Labute approximate surface area is 136 Å². The number of hydrogen-bond donors (Lipinski definition) is 1. The van der Waals surface area contributed by atoms with Crippen LogP contribution in [-0.2, 0) is 11.2 Å². The summed E-state index contributed by atoms with van der Waals surface area (Å²) in [5.41, 5.74) is 0.320. The Morgan fingerprint density at radius 2 is 1.92 bits per heavy atom. The van der Waals surface area contributed by atoms with Crippen LogP contribution in [0.5, 0.6) is 0 Å². The number of hydrogen-bond acceptors (Lipinski definition) is 4. The van der Waals surface area contributed by atoms with E-state index in [0.717, 1.165) is 12.1 Å². The second kappa shape index (κ2) is 6.99. The van der Waals surface area contributed by atoms with Gasteiger partial charge in [-0.15, -0.1) is 0 Å². The van der Waals surface area contributed by atoms with Crippen LogP contribution in [0.4, 0.5) is 14.5 Å². The molecule has 0 bridgehead atoms. The summed E-state index contributed by atoms with van der Waals surface area (Å²) in [7, 11) is 0. The van der Waals surface area contributed by atoms with Crippen molar-refractivity contribution >= 4 is 11.6 Å². The van der Waals surface area contributed by atoms with Crippen LogP contribution in [0.2, 0.25) is 0 Å². The van der Waals surface area contributed by atoms with E-state index >= 15 is 0 Å². The Bertz CT molecular complexity index is 830. The zero-order valence-corrected chi connectivity index (χ0v) is 12.5. The van der Waals surface area contributed by atoms with Crippen molar-refractivity contribution in [1.82, 2.24) is 9.97 Å². The maximum Gasteiger partial charge on any atom is 0.224 e. The number of anilines is 1. The number of amides is 1. The first-order valence-corrected chi connectivity index (χ1v) is 7.22. The zero-order valence-electron chi connectivity index (χ0n) is 12.5. The quantitative estimate of drug-likeness (QED) is 0.777. The lowest BCUT2D eigenvalue weighted by Crippen LogP contribution is -2.12. The lowest BCUT2D eigenvalue weighted by atomic mass is 10.1. The van der Waals surface area contributed by atoms with E-state index in [0.29, 0.717) is 5.69 Å². The van der Waals surface area contributed by atoms with Crippen molar-refractivity contribution in [2.24, 2.45) is 0 Å². The summed E-state index contributed by atoms with van der Waals surface area (Å²) in [6.45, 7) is 0. The molecule has 0 radical (unpaired) electrons. The van der Waals surface area contributed by atoms with Crippen LogP contribution in [0.3, 0.4) is 0 Å². The fraction of sp³-hybridized carbons (Fsp3) is 0.118.